The van der Waals surface area contributed by atoms with Crippen LogP contribution in [0.3, 0.4) is 0 Å². The molecule has 0 bridgehead atoms. The normalized spacial score (nSPS) is 15.5. The fourth-order valence-corrected chi connectivity index (χ4v) is 2.23. The molecule has 0 aliphatic carbocycles. The van der Waals surface area contributed by atoms with Gasteiger partial charge in [0.25, 0.3) is 5.91 Å². The van der Waals surface area contributed by atoms with Gasteiger partial charge in [-0.05, 0) is 31.2 Å². The van der Waals surface area contributed by atoms with Crippen LogP contribution >= 0.6 is 0 Å². The molecule has 24 heavy (non-hydrogen) atoms. The van der Waals surface area contributed by atoms with Crippen molar-refractivity contribution in [3.63, 3.8) is 0 Å². The molecule has 0 aromatic heterocycles. The number of imide groups is 1. The minimum Gasteiger partial charge on any atom is -0.497 e. The molecule has 8 heteroatoms. The highest BCUT2D eigenvalue weighted by Crippen LogP contribution is 2.14. The van der Waals surface area contributed by atoms with Crippen molar-refractivity contribution in [2.45, 2.75) is 13.0 Å². The molecule has 1 aromatic rings. The molecule has 0 saturated carbocycles. The Morgan fingerprint density at radius 3 is 2.33 bits per heavy atom. The first-order valence-corrected chi connectivity index (χ1v) is 7.26. The number of esters is 1. The van der Waals surface area contributed by atoms with Crippen LogP contribution in [0.1, 0.15) is 17.3 Å². The first kappa shape index (κ1) is 17.5. The number of ketones is 1. The van der Waals surface area contributed by atoms with Crippen molar-refractivity contribution in [1.29, 1.82) is 0 Å². The molecule has 1 aliphatic rings. The summed E-state index contributed by atoms with van der Waals surface area (Å²) in [7, 11) is 2.97. The number of likely N-dealkylation sites (N-methyl/N-ethyl adjacent to an activating group) is 1. The number of benzene rings is 1. The van der Waals surface area contributed by atoms with Crippen molar-refractivity contribution in [1.82, 2.24) is 9.80 Å². The SMILES string of the molecule is COc1ccc(C(=O)[C@H](C)OC(=O)CN2C(=O)CN(C)C2=O)cc1. The Morgan fingerprint density at radius 1 is 1.21 bits per heavy atom. The second-order valence-corrected chi connectivity index (χ2v) is 5.34. The van der Waals surface area contributed by atoms with Crippen molar-refractivity contribution < 1.29 is 28.7 Å². The van der Waals surface area contributed by atoms with Gasteiger partial charge in [0.15, 0.2) is 6.10 Å². The predicted molar refractivity (Wildman–Crippen MR) is 82.6 cm³/mol. The third-order valence-corrected chi connectivity index (χ3v) is 3.57. The molecule has 3 amide bonds. The summed E-state index contributed by atoms with van der Waals surface area (Å²) in [4.78, 5) is 49.4. The lowest BCUT2D eigenvalue weighted by Crippen LogP contribution is -2.38. The standard InChI is InChI=1S/C16H18N2O6/c1-10(15(21)11-4-6-12(23-3)7-5-11)24-14(20)9-18-13(19)8-17(2)16(18)22/h4-7,10H,8-9H2,1-3H3/t10-/m0/s1. The summed E-state index contributed by atoms with van der Waals surface area (Å²) >= 11 is 0. The van der Waals surface area contributed by atoms with Gasteiger partial charge in [-0.25, -0.2) is 4.79 Å². The molecule has 1 heterocycles. The second kappa shape index (κ2) is 7.12. The Bertz CT molecular complexity index is 670. The predicted octanol–water partition coefficient (Wildman–Crippen LogP) is 0.704. The molecule has 1 aromatic carbocycles. The number of amides is 3. The molecule has 0 N–H and O–H groups in total. The minimum absolute atomic E-state index is 0.0769. The summed E-state index contributed by atoms with van der Waals surface area (Å²) in [5.74, 6) is -1.08. The van der Waals surface area contributed by atoms with Crippen LogP contribution in [-0.2, 0) is 14.3 Å². The Balaban J connectivity index is 1.94. The van der Waals surface area contributed by atoms with Crippen molar-refractivity contribution in [3.05, 3.63) is 29.8 Å². The fraction of sp³-hybridized carbons (Fsp3) is 0.375. The van der Waals surface area contributed by atoms with E-state index in [0.717, 1.165) is 4.90 Å². The van der Waals surface area contributed by atoms with Gasteiger partial charge < -0.3 is 14.4 Å². The number of ether oxygens (including phenoxy) is 2. The molecule has 1 saturated heterocycles. The molecule has 1 aliphatic heterocycles. The zero-order valence-electron chi connectivity index (χ0n) is 13.6. The zero-order chi connectivity index (χ0) is 17.9. The van der Waals surface area contributed by atoms with E-state index in [-0.39, 0.29) is 12.3 Å². The van der Waals surface area contributed by atoms with Crippen LogP contribution in [0.4, 0.5) is 4.79 Å². The van der Waals surface area contributed by atoms with Crippen molar-refractivity contribution in [2.75, 3.05) is 27.2 Å². The van der Waals surface area contributed by atoms with Crippen LogP contribution in [-0.4, -0.2) is 66.8 Å². The number of hydrogen-bond acceptors (Lipinski definition) is 6. The molecular weight excluding hydrogens is 316 g/mol. The van der Waals surface area contributed by atoms with Gasteiger partial charge in [-0.3, -0.25) is 19.3 Å². The fourth-order valence-electron chi connectivity index (χ4n) is 2.23. The van der Waals surface area contributed by atoms with Crippen molar-refractivity contribution in [3.8, 4) is 5.75 Å². The van der Waals surface area contributed by atoms with Gasteiger partial charge in [-0.15, -0.1) is 0 Å². The lowest BCUT2D eigenvalue weighted by atomic mass is 10.1. The third-order valence-electron chi connectivity index (χ3n) is 3.57. The van der Waals surface area contributed by atoms with Gasteiger partial charge in [0.2, 0.25) is 5.78 Å². The number of rotatable bonds is 6. The minimum atomic E-state index is -1.03. The topological polar surface area (TPSA) is 93.2 Å². The highest BCUT2D eigenvalue weighted by molar-refractivity contribution is 6.04. The number of carbonyl (C=O) groups excluding carboxylic acids is 4. The zero-order valence-corrected chi connectivity index (χ0v) is 13.6. The number of hydrogen-bond donors (Lipinski definition) is 0. The molecule has 8 nitrogen and oxygen atoms in total. The summed E-state index contributed by atoms with van der Waals surface area (Å²) < 4.78 is 10.0. The maximum absolute atomic E-state index is 12.2. The highest BCUT2D eigenvalue weighted by atomic mass is 16.5. The molecule has 2 rings (SSSR count). The van der Waals surface area contributed by atoms with Crippen LogP contribution in [0.2, 0.25) is 0 Å². The smallest absolute Gasteiger partial charge is 0.327 e. The Hall–Kier alpha value is -2.90. The Morgan fingerprint density at radius 2 is 1.83 bits per heavy atom. The number of methoxy groups -OCH3 is 1. The van der Waals surface area contributed by atoms with E-state index in [1.54, 1.807) is 24.3 Å². The van der Waals surface area contributed by atoms with E-state index in [0.29, 0.717) is 11.3 Å². The van der Waals surface area contributed by atoms with Crippen LogP contribution in [0.5, 0.6) is 5.75 Å². The number of carbonyl (C=O) groups is 4. The Kier molecular flexibility index (Phi) is 5.18. The largest absolute Gasteiger partial charge is 0.497 e. The molecule has 0 unspecified atom stereocenters. The molecule has 1 atom stereocenters. The summed E-state index contributed by atoms with van der Waals surface area (Å²) in [6.45, 7) is 0.846. The lowest BCUT2D eigenvalue weighted by Gasteiger charge is -2.16. The van der Waals surface area contributed by atoms with Crippen LogP contribution in [0, 0.1) is 0 Å². The maximum atomic E-state index is 12.2. The quantitative estimate of drug-likeness (QED) is 0.432. The molecule has 0 spiro atoms. The van der Waals surface area contributed by atoms with Gasteiger partial charge in [-0.2, -0.15) is 0 Å². The van der Waals surface area contributed by atoms with Gasteiger partial charge >= 0.3 is 12.0 Å². The van der Waals surface area contributed by atoms with Gasteiger partial charge in [-0.1, -0.05) is 0 Å². The average molecular weight is 334 g/mol. The molecular formula is C16H18N2O6. The molecule has 1 fully saturated rings. The summed E-state index contributed by atoms with van der Waals surface area (Å²) in [6, 6.07) is 5.81. The van der Waals surface area contributed by atoms with E-state index in [4.69, 9.17) is 9.47 Å². The summed E-state index contributed by atoms with van der Waals surface area (Å²) in [5.41, 5.74) is 0.365. The third kappa shape index (κ3) is 3.70. The average Bonchev–Trinajstić information content (AvgIpc) is 2.80. The number of nitrogens with zero attached hydrogens (tertiary/aromatic N) is 2. The van der Waals surface area contributed by atoms with Gasteiger partial charge in [0, 0.05) is 12.6 Å². The van der Waals surface area contributed by atoms with E-state index >= 15 is 0 Å². The monoisotopic (exact) mass is 334 g/mol. The molecule has 128 valence electrons. The van der Waals surface area contributed by atoms with E-state index in [2.05, 4.69) is 0 Å². The van der Waals surface area contributed by atoms with Gasteiger partial charge in [0.1, 0.15) is 18.8 Å². The second-order valence-electron chi connectivity index (χ2n) is 5.34. The Labute approximate surface area is 138 Å². The summed E-state index contributed by atoms with van der Waals surface area (Å²) in [6.07, 6.45) is -1.03. The highest BCUT2D eigenvalue weighted by Gasteiger charge is 2.35. The van der Waals surface area contributed by atoms with Crippen LogP contribution in [0.25, 0.3) is 0 Å². The van der Waals surface area contributed by atoms with Crippen molar-refractivity contribution in [2.24, 2.45) is 0 Å². The van der Waals surface area contributed by atoms with E-state index in [9.17, 15) is 19.2 Å². The van der Waals surface area contributed by atoms with E-state index in [1.165, 1.54) is 26.0 Å². The van der Waals surface area contributed by atoms with Crippen LogP contribution < -0.4 is 4.74 Å². The maximum Gasteiger partial charge on any atom is 0.327 e. The van der Waals surface area contributed by atoms with E-state index in [1.807, 2.05) is 0 Å². The first-order chi connectivity index (χ1) is 11.3. The molecule has 0 radical (unpaired) electrons. The van der Waals surface area contributed by atoms with Crippen LogP contribution in [0.15, 0.2) is 24.3 Å². The van der Waals surface area contributed by atoms with E-state index < -0.39 is 30.6 Å². The number of urea groups is 1. The number of Topliss-reactive ketones (excluding diaryl/α,β-unsaturated/α-hetero) is 1. The first-order valence-electron chi connectivity index (χ1n) is 7.26. The summed E-state index contributed by atoms with van der Waals surface area (Å²) in [5, 5.41) is 0. The lowest BCUT2D eigenvalue weighted by molar-refractivity contribution is -0.149. The van der Waals surface area contributed by atoms with Gasteiger partial charge in [0.05, 0.1) is 7.11 Å². The van der Waals surface area contributed by atoms with Crippen molar-refractivity contribution >= 4 is 23.7 Å².